The van der Waals surface area contributed by atoms with E-state index < -0.39 is 12.0 Å². The van der Waals surface area contributed by atoms with Crippen molar-refractivity contribution in [3.63, 3.8) is 0 Å². The predicted octanol–water partition coefficient (Wildman–Crippen LogP) is 0.830. The number of carbonyl (C=O) groups excluding carboxylic acids is 1. The number of benzene rings is 1. The lowest BCUT2D eigenvalue weighted by Gasteiger charge is -2.12. The van der Waals surface area contributed by atoms with Crippen LogP contribution >= 0.6 is 0 Å². The van der Waals surface area contributed by atoms with Crippen molar-refractivity contribution in [1.29, 1.82) is 0 Å². The van der Waals surface area contributed by atoms with E-state index in [1.807, 2.05) is 6.92 Å². The van der Waals surface area contributed by atoms with Gasteiger partial charge in [-0.05, 0) is 37.6 Å². The van der Waals surface area contributed by atoms with Gasteiger partial charge in [0, 0.05) is 5.69 Å². The van der Waals surface area contributed by atoms with Crippen molar-refractivity contribution in [2.24, 2.45) is 5.73 Å². The summed E-state index contributed by atoms with van der Waals surface area (Å²) < 4.78 is 5.28. The molecule has 76 valence electrons. The average molecular weight is 194 g/mol. The van der Waals surface area contributed by atoms with Gasteiger partial charge in [-0.2, -0.15) is 0 Å². The second-order valence-electron chi connectivity index (χ2n) is 3.18. The normalized spacial score (nSPS) is 12.1. The van der Waals surface area contributed by atoms with Crippen LogP contribution in [0.15, 0.2) is 18.2 Å². The second kappa shape index (κ2) is 4.00. The molecule has 0 aliphatic heterocycles. The lowest BCUT2D eigenvalue weighted by Crippen LogP contribution is -2.30. The highest BCUT2D eigenvalue weighted by molar-refractivity contribution is 5.78. The minimum atomic E-state index is -0.627. The Morgan fingerprint density at radius 3 is 2.64 bits per heavy atom. The highest BCUT2D eigenvalue weighted by Gasteiger charge is 2.10. The van der Waals surface area contributed by atoms with Crippen LogP contribution in [-0.4, -0.2) is 12.0 Å². The number of anilines is 1. The first-order valence-corrected chi connectivity index (χ1v) is 4.33. The molecule has 0 fully saturated rings. The average Bonchev–Trinajstić information content (AvgIpc) is 2.11. The molecule has 1 unspecified atom stereocenters. The highest BCUT2D eigenvalue weighted by atomic mass is 16.5. The SMILES string of the molecule is Cc1cc(OC(C)C(N)=O)ccc1N. The summed E-state index contributed by atoms with van der Waals surface area (Å²) in [5.41, 5.74) is 12.3. The van der Waals surface area contributed by atoms with E-state index in [-0.39, 0.29) is 0 Å². The molecular weight excluding hydrogens is 180 g/mol. The molecule has 0 spiro atoms. The number of hydrogen-bond acceptors (Lipinski definition) is 3. The summed E-state index contributed by atoms with van der Waals surface area (Å²) in [6.45, 7) is 3.48. The Bertz CT molecular complexity index is 350. The van der Waals surface area contributed by atoms with Gasteiger partial charge in [0.15, 0.2) is 6.10 Å². The summed E-state index contributed by atoms with van der Waals surface area (Å²) in [5.74, 6) is 0.113. The van der Waals surface area contributed by atoms with Crippen LogP contribution in [0.4, 0.5) is 5.69 Å². The van der Waals surface area contributed by atoms with Crippen LogP contribution in [-0.2, 0) is 4.79 Å². The summed E-state index contributed by atoms with van der Waals surface area (Å²) >= 11 is 0. The minimum Gasteiger partial charge on any atom is -0.481 e. The summed E-state index contributed by atoms with van der Waals surface area (Å²) in [7, 11) is 0. The van der Waals surface area contributed by atoms with Gasteiger partial charge < -0.3 is 16.2 Å². The number of nitrogen functional groups attached to an aromatic ring is 1. The Hall–Kier alpha value is -1.71. The molecule has 1 rings (SSSR count). The number of aryl methyl sites for hydroxylation is 1. The largest absolute Gasteiger partial charge is 0.481 e. The first kappa shape index (κ1) is 10.4. The van der Waals surface area contributed by atoms with Gasteiger partial charge in [-0.3, -0.25) is 4.79 Å². The minimum absolute atomic E-state index is 0.487. The molecule has 0 bridgehead atoms. The monoisotopic (exact) mass is 194 g/mol. The third-order valence-electron chi connectivity index (χ3n) is 1.95. The highest BCUT2D eigenvalue weighted by Crippen LogP contribution is 2.19. The zero-order valence-electron chi connectivity index (χ0n) is 8.28. The molecule has 14 heavy (non-hydrogen) atoms. The molecule has 0 radical (unpaired) electrons. The van der Waals surface area contributed by atoms with Crippen LogP contribution in [0.2, 0.25) is 0 Å². The number of rotatable bonds is 3. The van der Waals surface area contributed by atoms with Gasteiger partial charge in [-0.15, -0.1) is 0 Å². The molecule has 1 aromatic rings. The fourth-order valence-corrected chi connectivity index (χ4v) is 0.984. The van der Waals surface area contributed by atoms with Crippen LogP contribution in [0.5, 0.6) is 5.75 Å². The molecule has 4 heteroatoms. The Morgan fingerprint density at radius 1 is 1.50 bits per heavy atom. The van der Waals surface area contributed by atoms with Crippen molar-refractivity contribution in [3.8, 4) is 5.75 Å². The van der Waals surface area contributed by atoms with Crippen molar-refractivity contribution in [2.45, 2.75) is 20.0 Å². The van der Waals surface area contributed by atoms with Crippen LogP contribution in [0, 0.1) is 6.92 Å². The molecule has 0 aromatic heterocycles. The van der Waals surface area contributed by atoms with Gasteiger partial charge in [-0.1, -0.05) is 0 Å². The number of primary amides is 1. The number of amides is 1. The fourth-order valence-electron chi connectivity index (χ4n) is 0.984. The first-order valence-electron chi connectivity index (χ1n) is 4.33. The second-order valence-corrected chi connectivity index (χ2v) is 3.18. The van der Waals surface area contributed by atoms with Gasteiger partial charge in [-0.25, -0.2) is 0 Å². The summed E-state index contributed by atoms with van der Waals surface area (Å²) in [5, 5.41) is 0. The van der Waals surface area contributed by atoms with E-state index >= 15 is 0 Å². The van der Waals surface area contributed by atoms with Crippen molar-refractivity contribution in [1.82, 2.24) is 0 Å². The maximum absolute atomic E-state index is 10.7. The smallest absolute Gasteiger partial charge is 0.258 e. The molecular formula is C10H14N2O2. The van der Waals surface area contributed by atoms with Gasteiger partial charge in [0.2, 0.25) is 0 Å². The summed E-state index contributed by atoms with van der Waals surface area (Å²) in [6, 6.07) is 5.22. The molecule has 0 aliphatic rings. The van der Waals surface area contributed by atoms with Crippen molar-refractivity contribution < 1.29 is 9.53 Å². The number of hydrogen-bond donors (Lipinski definition) is 2. The Labute approximate surface area is 82.8 Å². The topological polar surface area (TPSA) is 78.3 Å². The zero-order chi connectivity index (χ0) is 10.7. The molecule has 1 atom stereocenters. The third-order valence-corrected chi connectivity index (χ3v) is 1.95. The molecule has 1 amide bonds. The third kappa shape index (κ3) is 2.39. The van der Waals surface area contributed by atoms with E-state index in [0.29, 0.717) is 11.4 Å². The molecule has 4 nitrogen and oxygen atoms in total. The molecule has 0 saturated carbocycles. The first-order chi connectivity index (χ1) is 6.50. The van der Waals surface area contributed by atoms with E-state index in [1.165, 1.54) is 0 Å². The van der Waals surface area contributed by atoms with E-state index in [0.717, 1.165) is 5.56 Å². The van der Waals surface area contributed by atoms with Crippen molar-refractivity contribution in [3.05, 3.63) is 23.8 Å². The fraction of sp³-hybridized carbons (Fsp3) is 0.300. The predicted molar refractivity (Wildman–Crippen MR) is 54.9 cm³/mol. The number of nitrogens with two attached hydrogens (primary N) is 2. The lowest BCUT2D eigenvalue weighted by atomic mass is 10.2. The molecule has 0 saturated heterocycles. The molecule has 4 N–H and O–H groups in total. The molecule has 0 aliphatic carbocycles. The number of carbonyl (C=O) groups is 1. The van der Waals surface area contributed by atoms with Crippen molar-refractivity contribution in [2.75, 3.05) is 5.73 Å². The van der Waals surface area contributed by atoms with Gasteiger partial charge >= 0.3 is 0 Å². The quantitative estimate of drug-likeness (QED) is 0.699. The summed E-state index contributed by atoms with van der Waals surface area (Å²) in [6.07, 6.45) is -0.627. The number of ether oxygens (including phenoxy) is 1. The standard InChI is InChI=1S/C10H14N2O2/c1-6-5-8(3-4-9(6)11)14-7(2)10(12)13/h3-5,7H,11H2,1-2H3,(H2,12,13). The Kier molecular flexibility index (Phi) is 2.96. The molecule has 0 heterocycles. The maximum atomic E-state index is 10.7. The van der Waals surface area contributed by atoms with Gasteiger partial charge in [0.05, 0.1) is 0 Å². The Morgan fingerprint density at radius 2 is 2.14 bits per heavy atom. The maximum Gasteiger partial charge on any atom is 0.258 e. The van der Waals surface area contributed by atoms with Crippen LogP contribution < -0.4 is 16.2 Å². The molecule has 1 aromatic carbocycles. The van der Waals surface area contributed by atoms with E-state index in [4.69, 9.17) is 16.2 Å². The van der Waals surface area contributed by atoms with Crippen LogP contribution in [0.1, 0.15) is 12.5 Å². The van der Waals surface area contributed by atoms with E-state index in [9.17, 15) is 4.79 Å². The van der Waals surface area contributed by atoms with Crippen LogP contribution in [0.3, 0.4) is 0 Å². The van der Waals surface area contributed by atoms with Gasteiger partial charge in [0.25, 0.3) is 5.91 Å². The summed E-state index contributed by atoms with van der Waals surface area (Å²) in [4.78, 5) is 10.7. The Balaban J connectivity index is 2.78. The lowest BCUT2D eigenvalue weighted by molar-refractivity contribution is -0.123. The zero-order valence-corrected chi connectivity index (χ0v) is 8.28. The van der Waals surface area contributed by atoms with E-state index in [2.05, 4.69) is 0 Å². The van der Waals surface area contributed by atoms with Crippen LogP contribution in [0.25, 0.3) is 0 Å². The van der Waals surface area contributed by atoms with Crippen molar-refractivity contribution >= 4 is 11.6 Å². The van der Waals surface area contributed by atoms with Gasteiger partial charge in [0.1, 0.15) is 5.75 Å². The van der Waals surface area contributed by atoms with E-state index in [1.54, 1.807) is 25.1 Å².